The fraction of sp³-hybridized carbons (Fsp3) is 0.647. The number of hydrogen-bond acceptors (Lipinski definition) is 3. The van der Waals surface area contributed by atoms with Crippen LogP contribution in [-0.2, 0) is 6.54 Å². The normalized spacial score (nSPS) is 17.6. The van der Waals surface area contributed by atoms with Crippen molar-refractivity contribution in [3.63, 3.8) is 0 Å². The number of aryl methyl sites for hydroxylation is 2. The molecule has 2 N–H and O–H groups in total. The summed E-state index contributed by atoms with van der Waals surface area (Å²) in [6, 6.07) is 6.85. The summed E-state index contributed by atoms with van der Waals surface area (Å²) < 4.78 is 0. The molecule has 112 valence electrons. The first-order valence-corrected chi connectivity index (χ1v) is 7.90. The van der Waals surface area contributed by atoms with E-state index in [1.54, 1.807) is 0 Å². The van der Waals surface area contributed by atoms with E-state index in [0.29, 0.717) is 0 Å². The Morgan fingerprint density at radius 3 is 2.30 bits per heavy atom. The van der Waals surface area contributed by atoms with Crippen LogP contribution in [0.5, 0.6) is 0 Å². The second-order valence-electron chi connectivity index (χ2n) is 6.03. The van der Waals surface area contributed by atoms with Gasteiger partial charge in [0.05, 0.1) is 0 Å². The summed E-state index contributed by atoms with van der Waals surface area (Å²) in [4.78, 5) is 5.15. The van der Waals surface area contributed by atoms with E-state index >= 15 is 0 Å². The molecule has 0 unspecified atom stereocenters. The highest BCUT2D eigenvalue weighted by molar-refractivity contribution is 5.29. The van der Waals surface area contributed by atoms with Gasteiger partial charge in [-0.2, -0.15) is 0 Å². The molecule has 0 bridgehead atoms. The van der Waals surface area contributed by atoms with E-state index in [0.717, 1.165) is 19.5 Å². The number of hydrogen-bond donors (Lipinski definition) is 1. The largest absolute Gasteiger partial charge is 0.330 e. The van der Waals surface area contributed by atoms with Crippen LogP contribution in [0.25, 0.3) is 0 Å². The van der Waals surface area contributed by atoms with Crippen LogP contribution in [0, 0.1) is 13.8 Å². The molecular weight excluding hydrogens is 246 g/mol. The monoisotopic (exact) mass is 275 g/mol. The fourth-order valence-electron chi connectivity index (χ4n) is 2.81. The van der Waals surface area contributed by atoms with Gasteiger partial charge >= 0.3 is 0 Å². The fourth-order valence-corrected chi connectivity index (χ4v) is 2.81. The van der Waals surface area contributed by atoms with Crippen molar-refractivity contribution in [2.75, 3.05) is 39.3 Å². The number of rotatable bonds is 6. The predicted molar refractivity (Wildman–Crippen MR) is 85.9 cm³/mol. The van der Waals surface area contributed by atoms with Crippen molar-refractivity contribution in [2.45, 2.75) is 33.2 Å². The topological polar surface area (TPSA) is 32.5 Å². The van der Waals surface area contributed by atoms with Crippen LogP contribution >= 0.6 is 0 Å². The van der Waals surface area contributed by atoms with Crippen LogP contribution < -0.4 is 5.73 Å². The summed E-state index contributed by atoms with van der Waals surface area (Å²) in [6.07, 6.45) is 2.40. The Morgan fingerprint density at radius 1 is 0.950 bits per heavy atom. The highest BCUT2D eigenvalue weighted by Gasteiger charge is 2.16. The number of piperazine rings is 1. The molecule has 1 aliphatic heterocycles. The first-order valence-electron chi connectivity index (χ1n) is 7.90. The van der Waals surface area contributed by atoms with Crippen molar-refractivity contribution < 1.29 is 0 Å². The van der Waals surface area contributed by atoms with Crippen molar-refractivity contribution in [2.24, 2.45) is 5.73 Å². The van der Waals surface area contributed by atoms with Gasteiger partial charge in [-0.25, -0.2) is 0 Å². The maximum absolute atomic E-state index is 5.55. The highest BCUT2D eigenvalue weighted by Crippen LogP contribution is 2.13. The van der Waals surface area contributed by atoms with Gasteiger partial charge in [-0.3, -0.25) is 4.90 Å². The number of nitrogens with two attached hydrogens (primary N) is 1. The van der Waals surface area contributed by atoms with Crippen LogP contribution in [0.1, 0.15) is 29.5 Å². The molecule has 2 rings (SSSR count). The Labute approximate surface area is 123 Å². The van der Waals surface area contributed by atoms with E-state index in [4.69, 9.17) is 5.73 Å². The third kappa shape index (κ3) is 4.58. The summed E-state index contributed by atoms with van der Waals surface area (Å²) in [7, 11) is 0. The molecule has 1 aromatic carbocycles. The average Bonchev–Trinajstić information content (AvgIpc) is 2.45. The first-order chi connectivity index (χ1) is 9.69. The lowest BCUT2D eigenvalue weighted by Gasteiger charge is -2.34. The number of nitrogens with zero attached hydrogens (tertiary/aromatic N) is 2. The van der Waals surface area contributed by atoms with Gasteiger partial charge in [0.2, 0.25) is 0 Å². The third-order valence-electron chi connectivity index (χ3n) is 4.37. The third-order valence-corrected chi connectivity index (χ3v) is 4.37. The van der Waals surface area contributed by atoms with Gasteiger partial charge < -0.3 is 10.6 Å². The summed E-state index contributed by atoms with van der Waals surface area (Å²) in [5.74, 6) is 0. The molecule has 0 spiro atoms. The lowest BCUT2D eigenvalue weighted by atomic mass is 10.1. The zero-order valence-electron chi connectivity index (χ0n) is 13.1. The molecule has 0 saturated carbocycles. The molecule has 1 aliphatic rings. The molecule has 0 amide bonds. The predicted octanol–water partition coefficient (Wildman–Crippen LogP) is 2.16. The van der Waals surface area contributed by atoms with Gasteiger partial charge in [-0.15, -0.1) is 0 Å². The molecule has 1 heterocycles. The average molecular weight is 275 g/mol. The summed E-state index contributed by atoms with van der Waals surface area (Å²) in [5, 5.41) is 0. The molecule has 3 heteroatoms. The molecule has 1 fully saturated rings. The Balaban J connectivity index is 1.75. The van der Waals surface area contributed by atoms with E-state index in [9.17, 15) is 0 Å². The van der Waals surface area contributed by atoms with Gasteiger partial charge in [-0.05, 0) is 56.5 Å². The zero-order chi connectivity index (χ0) is 14.4. The number of unbranched alkanes of at least 4 members (excludes halogenated alkanes) is 1. The summed E-state index contributed by atoms with van der Waals surface area (Å²) in [5.41, 5.74) is 9.79. The first kappa shape index (κ1) is 15.5. The Kier molecular flexibility index (Phi) is 6.02. The van der Waals surface area contributed by atoms with Crippen LogP contribution in [0.3, 0.4) is 0 Å². The minimum absolute atomic E-state index is 0.826. The zero-order valence-corrected chi connectivity index (χ0v) is 13.1. The van der Waals surface area contributed by atoms with Gasteiger partial charge in [0.25, 0.3) is 0 Å². The van der Waals surface area contributed by atoms with E-state index in [-0.39, 0.29) is 0 Å². The van der Waals surface area contributed by atoms with Crippen LogP contribution in [-0.4, -0.2) is 49.1 Å². The second-order valence-corrected chi connectivity index (χ2v) is 6.03. The lowest BCUT2D eigenvalue weighted by molar-refractivity contribution is 0.126. The Hall–Kier alpha value is -0.900. The highest BCUT2D eigenvalue weighted by atomic mass is 15.3. The summed E-state index contributed by atoms with van der Waals surface area (Å²) in [6.45, 7) is 12.3. The molecule has 1 saturated heterocycles. The Morgan fingerprint density at radius 2 is 1.65 bits per heavy atom. The standard InChI is InChI=1S/C17H29N3/c1-15-5-6-17(13-16(15)2)14-20-11-9-19(10-12-20)8-4-3-7-18/h5-6,13H,3-4,7-12,14,18H2,1-2H3. The van der Waals surface area contributed by atoms with E-state index < -0.39 is 0 Å². The molecule has 0 aromatic heterocycles. The van der Waals surface area contributed by atoms with Crippen LogP contribution in [0.15, 0.2) is 18.2 Å². The quantitative estimate of drug-likeness (QED) is 0.808. The van der Waals surface area contributed by atoms with Gasteiger partial charge in [-0.1, -0.05) is 18.2 Å². The van der Waals surface area contributed by atoms with Gasteiger partial charge in [0.1, 0.15) is 0 Å². The molecule has 3 nitrogen and oxygen atoms in total. The molecule has 20 heavy (non-hydrogen) atoms. The van der Waals surface area contributed by atoms with Crippen LogP contribution in [0.4, 0.5) is 0 Å². The maximum Gasteiger partial charge on any atom is 0.0234 e. The number of benzene rings is 1. The van der Waals surface area contributed by atoms with E-state index in [2.05, 4.69) is 41.8 Å². The maximum atomic E-state index is 5.55. The van der Waals surface area contributed by atoms with Crippen molar-refractivity contribution >= 4 is 0 Å². The van der Waals surface area contributed by atoms with Crippen molar-refractivity contribution in [1.29, 1.82) is 0 Å². The molecule has 1 aromatic rings. The molecule has 0 radical (unpaired) electrons. The molecule has 0 atom stereocenters. The van der Waals surface area contributed by atoms with Crippen LogP contribution in [0.2, 0.25) is 0 Å². The molecular formula is C17H29N3. The lowest BCUT2D eigenvalue weighted by Crippen LogP contribution is -2.46. The second kappa shape index (κ2) is 7.77. The van der Waals surface area contributed by atoms with Crippen molar-refractivity contribution in [3.8, 4) is 0 Å². The van der Waals surface area contributed by atoms with Gasteiger partial charge in [0, 0.05) is 32.7 Å². The smallest absolute Gasteiger partial charge is 0.0234 e. The Bertz CT molecular complexity index is 409. The van der Waals surface area contributed by atoms with E-state index in [1.165, 1.54) is 55.8 Å². The minimum atomic E-state index is 0.826. The van der Waals surface area contributed by atoms with Gasteiger partial charge in [0.15, 0.2) is 0 Å². The van der Waals surface area contributed by atoms with E-state index in [1.807, 2.05) is 0 Å². The van der Waals surface area contributed by atoms with Crippen molar-refractivity contribution in [3.05, 3.63) is 34.9 Å². The SMILES string of the molecule is Cc1ccc(CN2CCN(CCCCN)CC2)cc1C. The molecule has 0 aliphatic carbocycles. The van der Waals surface area contributed by atoms with Crippen molar-refractivity contribution in [1.82, 2.24) is 9.80 Å². The minimum Gasteiger partial charge on any atom is -0.330 e. The summed E-state index contributed by atoms with van der Waals surface area (Å²) >= 11 is 0.